The van der Waals surface area contributed by atoms with Crippen molar-refractivity contribution < 1.29 is 4.74 Å². The monoisotopic (exact) mass is 421 g/mol. The van der Waals surface area contributed by atoms with E-state index < -0.39 is 0 Å². The highest BCUT2D eigenvalue weighted by atomic mass is 32.1. The smallest absolute Gasteiger partial charge is 0.253 e. The van der Waals surface area contributed by atoms with Crippen molar-refractivity contribution in [1.29, 1.82) is 0 Å². The summed E-state index contributed by atoms with van der Waals surface area (Å²) >= 11 is 5.74. The highest BCUT2D eigenvalue weighted by molar-refractivity contribution is 7.80. The van der Waals surface area contributed by atoms with Gasteiger partial charge in [0.1, 0.15) is 0 Å². The average Bonchev–Trinajstić information content (AvgIpc) is 3.22. The number of aromatic nitrogens is 1. The van der Waals surface area contributed by atoms with Crippen molar-refractivity contribution in [2.75, 3.05) is 18.5 Å². The summed E-state index contributed by atoms with van der Waals surface area (Å²) in [6.07, 6.45) is 2.20. The lowest BCUT2D eigenvalue weighted by Gasteiger charge is -2.28. The van der Waals surface area contributed by atoms with E-state index in [0.717, 1.165) is 47.2 Å². The van der Waals surface area contributed by atoms with Crippen LogP contribution in [0.5, 0.6) is 0 Å². The van der Waals surface area contributed by atoms with Gasteiger partial charge in [-0.15, -0.1) is 0 Å². The minimum Gasteiger partial charge on any atom is -0.376 e. The summed E-state index contributed by atoms with van der Waals surface area (Å²) in [7, 11) is 0. The van der Waals surface area contributed by atoms with E-state index in [4.69, 9.17) is 17.0 Å². The van der Waals surface area contributed by atoms with Crippen LogP contribution in [-0.4, -0.2) is 34.3 Å². The first-order valence-electron chi connectivity index (χ1n) is 10.4. The Kier molecular flexibility index (Phi) is 6.16. The number of anilines is 1. The first-order chi connectivity index (χ1) is 14.5. The van der Waals surface area contributed by atoms with E-state index >= 15 is 0 Å². The van der Waals surface area contributed by atoms with Crippen molar-refractivity contribution >= 4 is 33.9 Å². The Morgan fingerprint density at radius 1 is 1.23 bits per heavy atom. The van der Waals surface area contributed by atoms with Crippen molar-refractivity contribution in [3.05, 3.63) is 75.6 Å². The van der Waals surface area contributed by atoms with Gasteiger partial charge in [0.2, 0.25) is 0 Å². The third-order valence-corrected chi connectivity index (χ3v) is 5.89. The lowest BCUT2D eigenvalue weighted by molar-refractivity contribution is 0.0904. The topological polar surface area (TPSA) is 57.4 Å². The molecule has 156 valence electrons. The highest BCUT2D eigenvalue weighted by Gasteiger charge is 2.22. The Labute approximate surface area is 182 Å². The number of aryl methyl sites for hydroxylation is 2. The van der Waals surface area contributed by atoms with Crippen LogP contribution in [0.1, 0.15) is 29.5 Å². The van der Waals surface area contributed by atoms with E-state index in [9.17, 15) is 4.79 Å². The molecule has 30 heavy (non-hydrogen) atoms. The lowest BCUT2D eigenvalue weighted by atomic mass is 10.1. The van der Waals surface area contributed by atoms with Gasteiger partial charge in [0.25, 0.3) is 5.56 Å². The van der Waals surface area contributed by atoms with Gasteiger partial charge in [0, 0.05) is 24.4 Å². The van der Waals surface area contributed by atoms with Crippen LogP contribution in [0.3, 0.4) is 0 Å². The molecular formula is C24H27N3O2S. The number of H-pyrrole nitrogens is 1. The molecule has 0 spiro atoms. The van der Waals surface area contributed by atoms with E-state index in [-0.39, 0.29) is 11.7 Å². The fourth-order valence-corrected chi connectivity index (χ4v) is 4.19. The Bertz CT molecular complexity index is 1120. The number of ether oxygens (including phenoxy) is 1. The van der Waals surface area contributed by atoms with Gasteiger partial charge in [-0.3, -0.25) is 4.79 Å². The van der Waals surface area contributed by atoms with Crippen molar-refractivity contribution in [2.24, 2.45) is 0 Å². The Morgan fingerprint density at radius 2 is 2.07 bits per heavy atom. The molecule has 1 aliphatic rings. The van der Waals surface area contributed by atoms with E-state index in [2.05, 4.69) is 29.4 Å². The van der Waals surface area contributed by atoms with Crippen LogP contribution in [0.15, 0.2) is 53.3 Å². The molecule has 2 heterocycles. The summed E-state index contributed by atoms with van der Waals surface area (Å²) in [5, 5.41) is 4.96. The molecule has 1 atom stereocenters. The summed E-state index contributed by atoms with van der Waals surface area (Å²) in [5.41, 5.74) is 4.67. The van der Waals surface area contributed by atoms with Gasteiger partial charge in [-0.05, 0) is 73.6 Å². The fourth-order valence-electron chi connectivity index (χ4n) is 3.93. The van der Waals surface area contributed by atoms with Crippen LogP contribution in [0.4, 0.5) is 5.69 Å². The SMILES string of the molecule is Cc1cccc(NC(=S)N(Cc2cc3cccc(C)c3[nH]c2=O)C[C@H]2CCCO2)c1. The third-order valence-electron chi connectivity index (χ3n) is 5.53. The zero-order valence-corrected chi connectivity index (χ0v) is 18.2. The first kappa shape index (κ1) is 20.6. The van der Waals surface area contributed by atoms with E-state index in [1.165, 1.54) is 0 Å². The van der Waals surface area contributed by atoms with E-state index in [1.54, 1.807) is 0 Å². The van der Waals surface area contributed by atoms with Gasteiger partial charge in [0.15, 0.2) is 5.11 Å². The first-order valence-corrected chi connectivity index (χ1v) is 10.8. The molecule has 6 heteroatoms. The Morgan fingerprint density at radius 3 is 2.83 bits per heavy atom. The number of aromatic amines is 1. The number of pyridine rings is 1. The number of hydrogen-bond acceptors (Lipinski definition) is 3. The molecule has 3 aromatic rings. The highest BCUT2D eigenvalue weighted by Crippen LogP contribution is 2.19. The number of para-hydroxylation sites is 1. The summed E-state index contributed by atoms with van der Waals surface area (Å²) in [6, 6.07) is 16.1. The van der Waals surface area contributed by atoms with Gasteiger partial charge in [-0.2, -0.15) is 0 Å². The van der Waals surface area contributed by atoms with Crippen molar-refractivity contribution in [1.82, 2.24) is 9.88 Å². The molecule has 0 amide bonds. The van der Waals surface area contributed by atoms with Gasteiger partial charge >= 0.3 is 0 Å². The zero-order chi connectivity index (χ0) is 21.1. The normalized spacial score (nSPS) is 16.0. The number of benzene rings is 2. The molecule has 0 radical (unpaired) electrons. The molecule has 1 aromatic heterocycles. The number of thiocarbonyl (C=S) groups is 1. The second-order valence-corrected chi connectivity index (χ2v) is 8.36. The van der Waals surface area contributed by atoms with Crippen LogP contribution in [0.2, 0.25) is 0 Å². The fraction of sp³-hybridized carbons (Fsp3) is 0.333. The van der Waals surface area contributed by atoms with Crippen molar-refractivity contribution in [2.45, 2.75) is 39.3 Å². The molecule has 0 saturated carbocycles. The second-order valence-electron chi connectivity index (χ2n) is 7.98. The number of hydrogen-bond donors (Lipinski definition) is 2. The molecule has 1 aliphatic heterocycles. The van der Waals surface area contributed by atoms with E-state index in [0.29, 0.717) is 23.8 Å². The molecule has 4 rings (SSSR count). The summed E-state index contributed by atoms with van der Waals surface area (Å²) in [4.78, 5) is 17.9. The van der Waals surface area contributed by atoms with Gasteiger partial charge in [-0.1, -0.05) is 30.3 Å². The summed E-state index contributed by atoms with van der Waals surface area (Å²) in [5.74, 6) is 0. The minimum atomic E-state index is -0.0764. The number of nitrogens with zero attached hydrogens (tertiary/aromatic N) is 1. The quantitative estimate of drug-likeness (QED) is 0.593. The molecule has 5 nitrogen and oxygen atoms in total. The lowest BCUT2D eigenvalue weighted by Crippen LogP contribution is -2.40. The molecule has 0 bridgehead atoms. The molecule has 1 saturated heterocycles. The maximum absolute atomic E-state index is 12.8. The molecule has 2 N–H and O–H groups in total. The van der Waals surface area contributed by atoms with Gasteiger partial charge in [0.05, 0.1) is 18.2 Å². The Hall–Kier alpha value is -2.70. The summed E-state index contributed by atoms with van der Waals surface area (Å²) in [6.45, 7) is 5.92. The van der Waals surface area contributed by atoms with Crippen LogP contribution in [-0.2, 0) is 11.3 Å². The predicted octanol–water partition coefficient (Wildman–Crippen LogP) is 4.52. The Balaban J connectivity index is 1.60. The number of fused-ring (bicyclic) bond motifs is 1. The number of nitrogens with one attached hydrogen (secondary N) is 2. The van der Waals surface area contributed by atoms with Crippen LogP contribution < -0.4 is 10.9 Å². The third kappa shape index (κ3) is 4.71. The molecule has 0 aliphatic carbocycles. The largest absolute Gasteiger partial charge is 0.376 e. The maximum Gasteiger partial charge on any atom is 0.253 e. The maximum atomic E-state index is 12.8. The predicted molar refractivity (Wildman–Crippen MR) is 126 cm³/mol. The van der Waals surface area contributed by atoms with E-state index in [1.807, 2.05) is 48.2 Å². The van der Waals surface area contributed by atoms with Gasteiger partial charge in [-0.25, -0.2) is 0 Å². The molecule has 1 fully saturated rings. The molecule has 2 aromatic carbocycles. The van der Waals surface area contributed by atoms with Crippen LogP contribution in [0, 0.1) is 13.8 Å². The van der Waals surface area contributed by atoms with Crippen molar-refractivity contribution in [3.63, 3.8) is 0 Å². The minimum absolute atomic E-state index is 0.0764. The molecular weight excluding hydrogens is 394 g/mol. The summed E-state index contributed by atoms with van der Waals surface area (Å²) < 4.78 is 5.84. The van der Waals surface area contributed by atoms with Gasteiger partial charge < -0.3 is 19.9 Å². The standard InChI is InChI=1S/C24H27N3O2S/c1-16-6-3-9-20(12-16)25-24(30)27(15-21-10-5-11-29-21)14-19-13-18-8-4-7-17(2)22(18)26-23(19)28/h3-4,6-9,12-13,21H,5,10-11,14-15H2,1-2H3,(H,25,30)(H,26,28)/t21-/m1/s1. The second kappa shape index (κ2) is 8.98. The van der Waals surface area contributed by atoms with Crippen LogP contribution >= 0.6 is 12.2 Å². The zero-order valence-electron chi connectivity index (χ0n) is 17.4. The van der Waals surface area contributed by atoms with Crippen LogP contribution in [0.25, 0.3) is 10.9 Å². The molecule has 0 unspecified atom stereocenters. The van der Waals surface area contributed by atoms with Crippen molar-refractivity contribution in [3.8, 4) is 0 Å². The number of rotatable bonds is 5. The average molecular weight is 422 g/mol.